The van der Waals surface area contributed by atoms with E-state index in [1.807, 2.05) is 0 Å². The zero-order valence-corrected chi connectivity index (χ0v) is 11.7. The van der Waals surface area contributed by atoms with Crippen molar-refractivity contribution in [2.45, 2.75) is 13.0 Å². The third kappa shape index (κ3) is 4.53. The number of amides is 2. The number of carbonyl (C=O) groups excluding carboxylic acids is 2. The molecule has 0 bridgehead atoms. The number of nitroso groups, excluding NO2 is 1. The number of hydrogen-bond donors (Lipinski definition) is 2. The fourth-order valence-electron chi connectivity index (χ4n) is 1.39. The molecule has 0 radical (unpaired) electrons. The van der Waals surface area contributed by atoms with Crippen LogP contribution in [0.4, 0.5) is 5.69 Å². The lowest BCUT2D eigenvalue weighted by Gasteiger charge is -2.21. The number of rotatable bonds is 5. The monoisotopic (exact) mass is 301 g/mol. The van der Waals surface area contributed by atoms with Gasteiger partial charge in [-0.05, 0) is 18.2 Å². The van der Waals surface area contributed by atoms with Crippen LogP contribution in [-0.2, 0) is 9.59 Å². The van der Waals surface area contributed by atoms with E-state index in [0.29, 0.717) is 10.7 Å². The van der Waals surface area contributed by atoms with E-state index in [1.54, 1.807) is 18.2 Å². The van der Waals surface area contributed by atoms with E-state index < -0.39 is 17.9 Å². The van der Waals surface area contributed by atoms with Gasteiger partial charge in [-0.2, -0.15) is 4.91 Å². The lowest BCUT2D eigenvalue weighted by atomic mass is 10.2. The minimum atomic E-state index is -1.05. The molecule has 2 amide bonds. The molecule has 1 aromatic carbocycles. The van der Waals surface area contributed by atoms with Gasteiger partial charge in [-0.1, -0.05) is 35.7 Å². The summed E-state index contributed by atoms with van der Waals surface area (Å²) >= 11 is 9.85. The summed E-state index contributed by atoms with van der Waals surface area (Å²) < 4.78 is 1.01. The molecule has 0 aliphatic heterocycles. The Balaban J connectivity index is 2.89. The predicted octanol–water partition coefficient (Wildman–Crippen LogP) is 1.79. The molecule has 19 heavy (non-hydrogen) atoms. The third-order valence-corrected chi connectivity index (χ3v) is 2.86. The molecular formula is C11H12ClN3O3S. The highest BCUT2D eigenvalue weighted by Crippen LogP contribution is 2.21. The average molecular weight is 302 g/mol. The van der Waals surface area contributed by atoms with Gasteiger partial charge in [0.05, 0.1) is 5.69 Å². The molecular weight excluding hydrogens is 290 g/mol. The van der Waals surface area contributed by atoms with Crippen LogP contribution in [0, 0.1) is 4.91 Å². The van der Waals surface area contributed by atoms with Gasteiger partial charge in [-0.15, -0.1) is 0 Å². The number of halogens is 1. The van der Waals surface area contributed by atoms with Crippen LogP contribution >= 0.6 is 24.4 Å². The van der Waals surface area contributed by atoms with Crippen molar-refractivity contribution in [3.8, 4) is 0 Å². The Morgan fingerprint density at radius 2 is 2.21 bits per heavy atom. The van der Waals surface area contributed by atoms with Crippen molar-refractivity contribution in [2.24, 2.45) is 5.18 Å². The van der Waals surface area contributed by atoms with Gasteiger partial charge in [0.25, 0.3) is 5.91 Å². The van der Waals surface area contributed by atoms with Gasteiger partial charge >= 0.3 is 0 Å². The number of anilines is 1. The normalized spacial score (nSPS) is 11.5. The Labute approximate surface area is 120 Å². The van der Waals surface area contributed by atoms with Gasteiger partial charge in [-0.25, -0.2) is 0 Å². The maximum absolute atomic E-state index is 12.1. The average Bonchev–Trinajstić information content (AvgIpc) is 2.36. The number of nitrogens with zero attached hydrogens (tertiary/aromatic N) is 2. The summed E-state index contributed by atoms with van der Waals surface area (Å²) in [6.45, 7) is 0.878. The smallest absolute Gasteiger partial charge is 0.261 e. The minimum Gasteiger partial charge on any atom is -0.343 e. The van der Waals surface area contributed by atoms with E-state index in [1.165, 1.54) is 13.0 Å². The first kappa shape index (κ1) is 15.5. The van der Waals surface area contributed by atoms with E-state index in [0.717, 1.165) is 4.31 Å². The summed E-state index contributed by atoms with van der Waals surface area (Å²) in [5, 5.41) is 5.41. The zero-order valence-electron chi connectivity index (χ0n) is 10.0. The van der Waals surface area contributed by atoms with Crippen molar-refractivity contribution in [1.82, 2.24) is 5.32 Å². The molecule has 102 valence electrons. The van der Waals surface area contributed by atoms with E-state index >= 15 is 0 Å². The predicted molar refractivity (Wildman–Crippen MR) is 76.2 cm³/mol. The molecule has 0 saturated carbocycles. The Bertz CT molecular complexity index is 498. The fourth-order valence-corrected chi connectivity index (χ4v) is 1.84. The zero-order chi connectivity index (χ0) is 14.4. The SMILES string of the molecule is CC(=O)NC(CN=O)C(=O)N(S)c1cccc(Cl)c1. The number of hydrogen-bond acceptors (Lipinski definition) is 5. The molecule has 0 heterocycles. The van der Waals surface area contributed by atoms with Gasteiger partial charge in [-0.3, -0.25) is 13.9 Å². The van der Waals surface area contributed by atoms with Crippen LogP contribution in [0.3, 0.4) is 0 Å². The summed E-state index contributed by atoms with van der Waals surface area (Å²) in [6.07, 6.45) is 0. The largest absolute Gasteiger partial charge is 0.343 e. The second kappa shape index (κ2) is 7.10. The van der Waals surface area contributed by atoms with E-state index in [9.17, 15) is 14.5 Å². The van der Waals surface area contributed by atoms with Crippen LogP contribution in [0.15, 0.2) is 29.4 Å². The van der Waals surface area contributed by atoms with Gasteiger partial charge in [0.15, 0.2) is 0 Å². The molecule has 0 spiro atoms. The summed E-state index contributed by atoms with van der Waals surface area (Å²) in [7, 11) is 0. The van der Waals surface area contributed by atoms with Crippen LogP contribution in [-0.4, -0.2) is 24.4 Å². The first-order valence-electron chi connectivity index (χ1n) is 5.30. The molecule has 0 fully saturated rings. The van der Waals surface area contributed by atoms with Crippen LogP contribution in [0.25, 0.3) is 0 Å². The summed E-state index contributed by atoms with van der Waals surface area (Å²) in [5.74, 6) is -1.00. The molecule has 8 heteroatoms. The quantitative estimate of drug-likeness (QED) is 0.643. The summed E-state index contributed by atoms with van der Waals surface area (Å²) in [6, 6.07) is 5.41. The van der Waals surface area contributed by atoms with Crippen LogP contribution in [0.1, 0.15) is 6.92 Å². The molecule has 6 nitrogen and oxygen atoms in total. The number of thiol groups is 1. The topological polar surface area (TPSA) is 78.8 Å². The Kier molecular flexibility index (Phi) is 5.78. The molecule has 0 aliphatic carbocycles. The molecule has 1 aromatic rings. The highest BCUT2D eigenvalue weighted by Gasteiger charge is 2.25. The van der Waals surface area contributed by atoms with E-state index in [-0.39, 0.29) is 6.54 Å². The lowest BCUT2D eigenvalue weighted by molar-refractivity contribution is -0.125. The first-order chi connectivity index (χ1) is 8.95. The van der Waals surface area contributed by atoms with Crippen molar-refractivity contribution in [3.63, 3.8) is 0 Å². The highest BCUT2D eigenvalue weighted by molar-refractivity contribution is 7.82. The van der Waals surface area contributed by atoms with Crippen molar-refractivity contribution in [1.29, 1.82) is 0 Å². The Hall–Kier alpha value is -1.60. The van der Waals surface area contributed by atoms with E-state index in [2.05, 4.69) is 23.3 Å². The molecule has 1 atom stereocenters. The maximum Gasteiger partial charge on any atom is 0.261 e. The summed E-state index contributed by atoms with van der Waals surface area (Å²) in [4.78, 5) is 33.3. The Morgan fingerprint density at radius 1 is 1.53 bits per heavy atom. The van der Waals surface area contributed by atoms with Crippen molar-refractivity contribution in [2.75, 3.05) is 10.8 Å². The molecule has 1 rings (SSSR count). The Morgan fingerprint density at radius 3 is 2.74 bits per heavy atom. The second-order valence-corrected chi connectivity index (χ2v) is 4.53. The molecule has 1 unspecified atom stereocenters. The first-order valence-corrected chi connectivity index (χ1v) is 6.08. The number of carbonyl (C=O) groups is 2. The van der Waals surface area contributed by atoms with Crippen molar-refractivity contribution in [3.05, 3.63) is 34.2 Å². The van der Waals surface area contributed by atoms with Crippen LogP contribution in [0.5, 0.6) is 0 Å². The van der Waals surface area contributed by atoms with Crippen LogP contribution in [0.2, 0.25) is 5.02 Å². The number of nitrogens with one attached hydrogen (secondary N) is 1. The van der Waals surface area contributed by atoms with Gasteiger partial charge in [0.1, 0.15) is 12.6 Å². The fraction of sp³-hybridized carbons (Fsp3) is 0.273. The van der Waals surface area contributed by atoms with Gasteiger partial charge in [0, 0.05) is 11.9 Å². The van der Waals surface area contributed by atoms with Crippen molar-refractivity contribution >= 4 is 41.9 Å². The van der Waals surface area contributed by atoms with Gasteiger partial charge < -0.3 is 5.32 Å². The van der Waals surface area contributed by atoms with Crippen LogP contribution < -0.4 is 9.62 Å². The highest BCUT2D eigenvalue weighted by atomic mass is 35.5. The second-order valence-electron chi connectivity index (χ2n) is 3.69. The lowest BCUT2D eigenvalue weighted by Crippen LogP contribution is -2.47. The van der Waals surface area contributed by atoms with E-state index in [4.69, 9.17) is 11.6 Å². The molecule has 1 N–H and O–H groups in total. The number of benzene rings is 1. The maximum atomic E-state index is 12.1. The minimum absolute atomic E-state index is 0.365. The standard InChI is InChI=1S/C11H12ClN3O3S/c1-7(16)14-10(6-13-18)11(17)15(19)9-4-2-3-8(12)5-9/h2-5,10,19H,6H2,1H3,(H,14,16). The molecule has 0 aliphatic rings. The van der Waals surface area contributed by atoms with Crippen molar-refractivity contribution < 1.29 is 9.59 Å². The van der Waals surface area contributed by atoms with Gasteiger partial charge in [0.2, 0.25) is 5.91 Å². The molecule has 0 saturated heterocycles. The molecule has 0 aromatic heterocycles. The third-order valence-electron chi connectivity index (χ3n) is 2.19. The summed E-state index contributed by atoms with van der Waals surface area (Å²) in [5.41, 5.74) is 0.432.